The Bertz CT molecular complexity index is 297. The quantitative estimate of drug-likeness (QED) is 0.679. The van der Waals surface area contributed by atoms with Crippen molar-refractivity contribution in [1.29, 1.82) is 0 Å². The molecule has 0 bridgehead atoms. The minimum atomic E-state index is -0.815. The van der Waals surface area contributed by atoms with Gasteiger partial charge in [-0.1, -0.05) is 49.4 Å². The van der Waals surface area contributed by atoms with E-state index in [0.29, 0.717) is 0 Å². The third-order valence-electron chi connectivity index (χ3n) is 2.62. The van der Waals surface area contributed by atoms with Gasteiger partial charge in [0.25, 0.3) is 0 Å². The van der Waals surface area contributed by atoms with E-state index in [4.69, 9.17) is 0 Å². The summed E-state index contributed by atoms with van der Waals surface area (Å²) in [6, 6.07) is 8.58. The highest BCUT2D eigenvalue weighted by Gasteiger charge is 2.32. The molecule has 0 aromatic heterocycles. The maximum absolute atomic E-state index is 12.5. The molecule has 0 spiro atoms. The molecule has 2 nitrogen and oxygen atoms in total. The first-order valence-electron chi connectivity index (χ1n) is 4.57. The van der Waals surface area contributed by atoms with Gasteiger partial charge in [0.05, 0.1) is 0 Å². The minimum absolute atomic E-state index is 0.544. The highest BCUT2D eigenvalue weighted by Crippen LogP contribution is 2.29. The van der Waals surface area contributed by atoms with E-state index in [1.165, 1.54) is 0 Å². The molecule has 0 aliphatic carbocycles. The molecule has 3 heteroatoms. The Kier molecular flexibility index (Phi) is 3.33. The molecule has 1 rings (SSSR count). The molecule has 1 unspecified atom stereocenters. The van der Waals surface area contributed by atoms with Gasteiger partial charge in [-0.05, 0) is 5.56 Å². The molecule has 1 aromatic carbocycles. The number of alkyl halides is 1. The van der Waals surface area contributed by atoms with E-state index in [0.717, 1.165) is 5.56 Å². The molecule has 0 heterocycles. The van der Waals surface area contributed by atoms with Crippen LogP contribution >= 0.6 is 0 Å². The third-order valence-corrected chi connectivity index (χ3v) is 2.62. The first-order chi connectivity index (χ1) is 6.62. The van der Waals surface area contributed by atoms with Crippen LogP contribution in [0.5, 0.6) is 0 Å². The van der Waals surface area contributed by atoms with Gasteiger partial charge in [0.2, 0.25) is 0 Å². The van der Waals surface area contributed by atoms with Gasteiger partial charge in [-0.3, -0.25) is 0 Å². The lowest BCUT2D eigenvalue weighted by molar-refractivity contribution is 0.323. The SMILES string of the molecule is CC(C)(c1ccccc1)C(CF)N=O. The summed E-state index contributed by atoms with van der Waals surface area (Å²) in [4.78, 5) is 10.5. The topological polar surface area (TPSA) is 29.4 Å². The number of nitrogens with zero attached hydrogens (tertiary/aromatic N) is 1. The molecule has 0 N–H and O–H groups in total. The van der Waals surface area contributed by atoms with Gasteiger partial charge in [-0.15, -0.1) is 0 Å². The monoisotopic (exact) mass is 195 g/mol. The van der Waals surface area contributed by atoms with E-state index in [2.05, 4.69) is 5.18 Å². The van der Waals surface area contributed by atoms with Crippen LogP contribution in [-0.2, 0) is 5.41 Å². The maximum atomic E-state index is 12.5. The molecular formula is C11H14FNO. The summed E-state index contributed by atoms with van der Waals surface area (Å²) in [5.74, 6) is 0. The van der Waals surface area contributed by atoms with Crippen LogP contribution in [0.2, 0.25) is 0 Å². The fourth-order valence-corrected chi connectivity index (χ4v) is 1.41. The van der Waals surface area contributed by atoms with Crippen LogP contribution in [0.1, 0.15) is 19.4 Å². The highest BCUT2D eigenvalue weighted by atomic mass is 19.1. The van der Waals surface area contributed by atoms with Crippen LogP contribution < -0.4 is 0 Å². The Balaban J connectivity index is 3.00. The first-order valence-corrected chi connectivity index (χ1v) is 4.57. The Hall–Kier alpha value is -1.25. The van der Waals surface area contributed by atoms with Crippen molar-refractivity contribution in [2.24, 2.45) is 5.18 Å². The number of nitroso groups, excluding NO2 is 1. The van der Waals surface area contributed by atoms with Gasteiger partial charge in [0.1, 0.15) is 12.7 Å². The smallest absolute Gasteiger partial charge is 0.129 e. The van der Waals surface area contributed by atoms with E-state index >= 15 is 0 Å². The lowest BCUT2D eigenvalue weighted by atomic mass is 9.78. The van der Waals surface area contributed by atoms with Gasteiger partial charge in [-0.2, -0.15) is 4.91 Å². The zero-order valence-electron chi connectivity index (χ0n) is 8.40. The van der Waals surface area contributed by atoms with Crippen LogP contribution in [0.4, 0.5) is 4.39 Å². The molecule has 1 aromatic rings. The average Bonchev–Trinajstić information content (AvgIpc) is 2.20. The van der Waals surface area contributed by atoms with Crippen LogP contribution in [0.15, 0.2) is 35.5 Å². The number of rotatable bonds is 4. The van der Waals surface area contributed by atoms with Crippen molar-refractivity contribution >= 4 is 0 Å². The summed E-state index contributed by atoms with van der Waals surface area (Å²) in [5.41, 5.74) is 0.389. The Morgan fingerprint density at radius 3 is 2.36 bits per heavy atom. The number of hydrogen-bond acceptors (Lipinski definition) is 2. The second-order valence-electron chi connectivity index (χ2n) is 3.86. The van der Waals surface area contributed by atoms with E-state index in [1.807, 2.05) is 44.2 Å². The molecule has 0 saturated carbocycles. The van der Waals surface area contributed by atoms with Crippen molar-refractivity contribution in [3.8, 4) is 0 Å². The van der Waals surface area contributed by atoms with Crippen molar-refractivity contribution in [3.63, 3.8) is 0 Å². The molecule has 14 heavy (non-hydrogen) atoms. The summed E-state index contributed by atoms with van der Waals surface area (Å²) in [7, 11) is 0. The summed E-state index contributed by atoms with van der Waals surface area (Å²) < 4.78 is 12.5. The molecule has 0 amide bonds. The summed E-state index contributed by atoms with van der Waals surface area (Å²) in [6.45, 7) is 2.94. The highest BCUT2D eigenvalue weighted by molar-refractivity contribution is 5.25. The number of hydrogen-bond donors (Lipinski definition) is 0. The van der Waals surface area contributed by atoms with Crippen LogP contribution in [0.3, 0.4) is 0 Å². The van der Waals surface area contributed by atoms with Crippen molar-refractivity contribution in [2.45, 2.75) is 25.3 Å². The largest absolute Gasteiger partial charge is 0.249 e. The normalized spacial score (nSPS) is 13.6. The Morgan fingerprint density at radius 2 is 1.93 bits per heavy atom. The fraction of sp³-hybridized carbons (Fsp3) is 0.455. The Morgan fingerprint density at radius 1 is 1.36 bits per heavy atom. The summed E-state index contributed by atoms with van der Waals surface area (Å²) in [5, 5.41) is 2.83. The van der Waals surface area contributed by atoms with Gasteiger partial charge in [-0.25, -0.2) is 4.39 Å². The second-order valence-corrected chi connectivity index (χ2v) is 3.86. The minimum Gasteiger partial charge on any atom is -0.249 e. The summed E-state index contributed by atoms with van der Waals surface area (Å²) in [6.07, 6.45) is 0. The number of halogens is 1. The zero-order chi connectivity index (χ0) is 10.6. The van der Waals surface area contributed by atoms with Gasteiger partial charge >= 0.3 is 0 Å². The van der Waals surface area contributed by atoms with E-state index < -0.39 is 18.1 Å². The lowest BCUT2D eigenvalue weighted by Crippen LogP contribution is -2.33. The average molecular weight is 195 g/mol. The molecule has 1 atom stereocenters. The number of benzene rings is 1. The van der Waals surface area contributed by atoms with Gasteiger partial charge in [0.15, 0.2) is 0 Å². The standard InChI is InChI=1S/C11H14FNO/c1-11(2,10(8-12)13-14)9-6-4-3-5-7-9/h3-7,10H,8H2,1-2H3. The van der Waals surface area contributed by atoms with Crippen molar-refractivity contribution in [1.82, 2.24) is 0 Å². The maximum Gasteiger partial charge on any atom is 0.129 e. The van der Waals surface area contributed by atoms with Crippen LogP contribution in [0, 0.1) is 4.91 Å². The predicted molar refractivity (Wildman–Crippen MR) is 55.0 cm³/mol. The molecule has 0 aliphatic rings. The zero-order valence-corrected chi connectivity index (χ0v) is 8.40. The predicted octanol–water partition coefficient (Wildman–Crippen LogP) is 3.07. The van der Waals surface area contributed by atoms with E-state index in [9.17, 15) is 9.30 Å². The molecule has 0 radical (unpaired) electrons. The third kappa shape index (κ3) is 1.97. The molecule has 0 fully saturated rings. The van der Waals surface area contributed by atoms with E-state index in [-0.39, 0.29) is 0 Å². The van der Waals surface area contributed by atoms with Crippen LogP contribution in [-0.4, -0.2) is 12.7 Å². The van der Waals surface area contributed by atoms with Crippen molar-refractivity contribution in [3.05, 3.63) is 40.8 Å². The second kappa shape index (κ2) is 4.31. The molecule has 0 aliphatic heterocycles. The molecular weight excluding hydrogens is 181 g/mol. The first kappa shape index (κ1) is 10.8. The Labute approximate surface area is 83.1 Å². The lowest BCUT2D eigenvalue weighted by Gasteiger charge is -2.28. The van der Waals surface area contributed by atoms with Gasteiger partial charge in [0, 0.05) is 5.41 Å². The summed E-state index contributed by atoms with van der Waals surface area (Å²) >= 11 is 0. The fourth-order valence-electron chi connectivity index (χ4n) is 1.41. The van der Waals surface area contributed by atoms with Crippen molar-refractivity contribution < 1.29 is 4.39 Å². The van der Waals surface area contributed by atoms with Gasteiger partial charge < -0.3 is 0 Å². The van der Waals surface area contributed by atoms with Crippen LogP contribution in [0.25, 0.3) is 0 Å². The van der Waals surface area contributed by atoms with E-state index in [1.54, 1.807) is 0 Å². The van der Waals surface area contributed by atoms with Crippen molar-refractivity contribution in [2.75, 3.05) is 6.67 Å². The molecule has 0 saturated heterocycles. The molecule has 76 valence electrons.